The van der Waals surface area contributed by atoms with Gasteiger partial charge in [0.15, 0.2) is 11.1 Å². The monoisotopic (exact) mass is 539 g/mol. The molecule has 1 aliphatic heterocycles. The molecule has 5 nitrogen and oxygen atoms in total. The molecular weight excluding hydrogens is 514 g/mol. The normalized spacial score (nSPS) is 14.6. The number of rotatable bonds is 6. The number of hydrogen-bond donors (Lipinski definition) is 2. The first kappa shape index (κ1) is 23.7. The molecule has 2 heterocycles. The molecule has 0 aliphatic carbocycles. The summed E-state index contributed by atoms with van der Waals surface area (Å²) in [7, 11) is 1.66. The van der Waals surface area contributed by atoms with Crippen molar-refractivity contribution in [2.75, 3.05) is 31.6 Å². The van der Waals surface area contributed by atoms with E-state index < -0.39 is 11.7 Å². The highest BCUT2D eigenvalue weighted by molar-refractivity contribution is 14.0. The first-order valence-electron chi connectivity index (χ1n) is 9.26. The van der Waals surface area contributed by atoms with Gasteiger partial charge in [-0.25, -0.2) is 4.98 Å². The number of nitrogens with one attached hydrogen (secondary N) is 2. The van der Waals surface area contributed by atoms with Gasteiger partial charge in [0.1, 0.15) is 0 Å². The fourth-order valence-electron chi connectivity index (χ4n) is 2.99. The Hall–Kier alpha value is -1.56. The zero-order valence-electron chi connectivity index (χ0n) is 16.1. The quantitative estimate of drug-likeness (QED) is 0.327. The van der Waals surface area contributed by atoms with Gasteiger partial charge < -0.3 is 15.5 Å². The molecule has 0 saturated carbocycles. The van der Waals surface area contributed by atoms with Crippen LogP contribution in [0.2, 0.25) is 0 Å². The van der Waals surface area contributed by atoms with Crippen LogP contribution in [-0.2, 0) is 19.1 Å². The van der Waals surface area contributed by atoms with Gasteiger partial charge in [0.2, 0.25) is 0 Å². The minimum absolute atomic E-state index is 0. The van der Waals surface area contributed by atoms with Crippen molar-refractivity contribution in [1.29, 1.82) is 0 Å². The van der Waals surface area contributed by atoms with E-state index in [0.29, 0.717) is 19.0 Å². The van der Waals surface area contributed by atoms with E-state index in [2.05, 4.69) is 30.9 Å². The molecule has 29 heavy (non-hydrogen) atoms. The van der Waals surface area contributed by atoms with Crippen molar-refractivity contribution in [1.82, 2.24) is 15.6 Å². The topological polar surface area (TPSA) is 52.6 Å². The summed E-state index contributed by atoms with van der Waals surface area (Å²) in [5, 5.41) is 9.51. The van der Waals surface area contributed by atoms with Crippen molar-refractivity contribution in [2.45, 2.75) is 32.0 Å². The molecule has 1 saturated heterocycles. The smallest absolute Gasteiger partial charge is 0.356 e. The van der Waals surface area contributed by atoms with Gasteiger partial charge in [-0.3, -0.25) is 4.99 Å². The summed E-state index contributed by atoms with van der Waals surface area (Å²) >= 11 is 1.68. The van der Waals surface area contributed by atoms with Crippen LogP contribution in [-0.4, -0.2) is 37.6 Å². The number of aromatic nitrogens is 1. The van der Waals surface area contributed by atoms with Gasteiger partial charge in [-0.15, -0.1) is 35.3 Å². The van der Waals surface area contributed by atoms with Crippen molar-refractivity contribution < 1.29 is 13.2 Å². The minimum Gasteiger partial charge on any atom is -0.356 e. The molecule has 0 radical (unpaired) electrons. The highest BCUT2D eigenvalue weighted by Crippen LogP contribution is 2.29. The number of halogens is 4. The average Bonchev–Trinajstić information content (AvgIpc) is 3.35. The second-order valence-electron chi connectivity index (χ2n) is 6.61. The highest BCUT2D eigenvalue weighted by atomic mass is 127. The largest absolute Gasteiger partial charge is 0.416 e. The molecule has 0 spiro atoms. The predicted molar refractivity (Wildman–Crippen MR) is 122 cm³/mol. The summed E-state index contributed by atoms with van der Waals surface area (Å²) in [5.74, 6) is 0.606. The third-order valence-corrected chi connectivity index (χ3v) is 5.50. The molecule has 1 aromatic carbocycles. The second kappa shape index (κ2) is 11.0. The van der Waals surface area contributed by atoms with Crippen molar-refractivity contribution in [3.63, 3.8) is 0 Å². The van der Waals surface area contributed by atoms with Crippen LogP contribution in [0, 0.1) is 0 Å². The molecular formula is C19H25F3IN5S. The number of anilines is 1. The van der Waals surface area contributed by atoms with E-state index in [1.807, 2.05) is 0 Å². The third kappa shape index (κ3) is 7.02. The first-order valence-corrected chi connectivity index (χ1v) is 10.1. The van der Waals surface area contributed by atoms with Crippen LogP contribution in [0.5, 0.6) is 0 Å². The molecule has 3 rings (SSSR count). The summed E-state index contributed by atoms with van der Waals surface area (Å²) in [6, 6.07) is 5.12. The molecule has 2 aromatic rings. The number of nitrogens with zero attached hydrogens (tertiary/aromatic N) is 3. The van der Waals surface area contributed by atoms with Gasteiger partial charge in [-0.05, 0) is 30.5 Å². The van der Waals surface area contributed by atoms with E-state index in [4.69, 9.17) is 0 Å². The van der Waals surface area contributed by atoms with Crippen molar-refractivity contribution >= 4 is 46.4 Å². The van der Waals surface area contributed by atoms with Gasteiger partial charge >= 0.3 is 6.18 Å². The van der Waals surface area contributed by atoms with E-state index >= 15 is 0 Å². The Balaban J connectivity index is 0.00000300. The summed E-state index contributed by atoms with van der Waals surface area (Å²) in [4.78, 5) is 11.2. The lowest BCUT2D eigenvalue weighted by Crippen LogP contribution is -2.37. The van der Waals surface area contributed by atoms with E-state index in [1.54, 1.807) is 18.4 Å². The van der Waals surface area contributed by atoms with Crippen LogP contribution in [0.25, 0.3) is 0 Å². The number of hydrogen-bond acceptors (Lipinski definition) is 4. The zero-order chi connectivity index (χ0) is 20.0. The van der Waals surface area contributed by atoms with E-state index in [9.17, 15) is 13.2 Å². The Bertz CT molecular complexity index is 786. The molecule has 2 N–H and O–H groups in total. The molecule has 0 amide bonds. The maximum absolute atomic E-state index is 12.6. The number of benzene rings is 1. The van der Waals surface area contributed by atoms with Gasteiger partial charge in [-0.1, -0.05) is 12.1 Å². The van der Waals surface area contributed by atoms with Crippen molar-refractivity contribution in [2.24, 2.45) is 4.99 Å². The molecule has 0 atom stereocenters. The summed E-state index contributed by atoms with van der Waals surface area (Å²) in [6.45, 7) is 3.25. The SMILES string of the molecule is CN=C(NCCc1csc(N2CCCC2)n1)NCc1ccc(C(F)(F)F)cc1.I. The molecule has 0 bridgehead atoms. The summed E-state index contributed by atoms with van der Waals surface area (Å²) in [6.07, 6.45) is -1.06. The van der Waals surface area contributed by atoms with Crippen LogP contribution in [0.4, 0.5) is 18.3 Å². The fourth-order valence-corrected chi connectivity index (χ4v) is 3.91. The van der Waals surface area contributed by atoms with Gasteiger partial charge in [0, 0.05) is 45.0 Å². The predicted octanol–water partition coefficient (Wildman–Crippen LogP) is 4.29. The molecule has 1 aliphatic rings. The van der Waals surface area contributed by atoms with Crippen LogP contribution < -0.4 is 15.5 Å². The summed E-state index contributed by atoms with van der Waals surface area (Å²) in [5.41, 5.74) is 1.17. The number of guanidine groups is 1. The van der Waals surface area contributed by atoms with Crippen molar-refractivity contribution in [3.8, 4) is 0 Å². The Morgan fingerprint density at radius 1 is 1.17 bits per heavy atom. The van der Waals surface area contributed by atoms with Crippen LogP contribution in [0.15, 0.2) is 34.6 Å². The average molecular weight is 539 g/mol. The fraction of sp³-hybridized carbons (Fsp3) is 0.474. The molecule has 10 heteroatoms. The lowest BCUT2D eigenvalue weighted by atomic mass is 10.1. The Morgan fingerprint density at radius 3 is 2.48 bits per heavy atom. The lowest BCUT2D eigenvalue weighted by Gasteiger charge is -2.13. The minimum atomic E-state index is -4.31. The Kier molecular flexibility index (Phi) is 9.00. The van der Waals surface area contributed by atoms with Gasteiger partial charge in [0.25, 0.3) is 0 Å². The van der Waals surface area contributed by atoms with E-state index in [1.165, 1.54) is 25.0 Å². The van der Waals surface area contributed by atoms with Gasteiger partial charge in [-0.2, -0.15) is 13.2 Å². The van der Waals surface area contributed by atoms with E-state index in [0.717, 1.165) is 48.0 Å². The second-order valence-corrected chi connectivity index (χ2v) is 7.45. The highest BCUT2D eigenvalue weighted by Gasteiger charge is 2.29. The molecule has 0 unspecified atom stereocenters. The van der Waals surface area contributed by atoms with Crippen LogP contribution >= 0.6 is 35.3 Å². The molecule has 1 fully saturated rings. The first-order chi connectivity index (χ1) is 13.5. The van der Waals surface area contributed by atoms with Crippen LogP contribution in [0.1, 0.15) is 29.7 Å². The third-order valence-electron chi connectivity index (χ3n) is 4.55. The van der Waals surface area contributed by atoms with Gasteiger partial charge in [0.05, 0.1) is 11.3 Å². The summed E-state index contributed by atoms with van der Waals surface area (Å²) < 4.78 is 37.8. The molecule has 160 valence electrons. The van der Waals surface area contributed by atoms with Crippen LogP contribution in [0.3, 0.4) is 0 Å². The maximum Gasteiger partial charge on any atom is 0.416 e. The number of thiazole rings is 1. The lowest BCUT2D eigenvalue weighted by molar-refractivity contribution is -0.137. The Morgan fingerprint density at radius 2 is 1.86 bits per heavy atom. The Labute approximate surface area is 189 Å². The number of aliphatic imine (C=N–C) groups is 1. The standard InChI is InChI=1S/C19H24F3N5S.HI/c1-23-17(25-12-14-4-6-15(7-5-14)19(20,21)22)24-9-8-16-13-28-18(26-16)27-10-2-3-11-27;/h4-7,13H,2-3,8-12H2,1H3,(H2,23,24,25);1H. The number of alkyl halides is 3. The molecule has 1 aromatic heterocycles. The zero-order valence-corrected chi connectivity index (χ0v) is 19.3. The van der Waals surface area contributed by atoms with E-state index in [-0.39, 0.29) is 24.0 Å². The van der Waals surface area contributed by atoms with Crippen molar-refractivity contribution in [3.05, 3.63) is 46.5 Å². The maximum atomic E-state index is 12.6.